The molecule has 1 heterocycles. The van der Waals surface area contributed by atoms with Gasteiger partial charge in [-0.3, -0.25) is 28.8 Å². The molecule has 0 aliphatic carbocycles. The first-order valence-corrected chi connectivity index (χ1v) is 23.8. The second-order valence-corrected chi connectivity index (χ2v) is 19.0. The Morgan fingerprint density at radius 2 is 1.54 bits per heavy atom. The molecule has 0 saturated carbocycles. The summed E-state index contributed by atoms with van der Waals surface area (Å²) in [7, 11) is 6.25. The average molecular weight is 978 g/mol. The average Bonchev–Trinajstić information content (AvgIpc) is 3.75. The topological polar surface area (TPSA) is 204 Å². The number of likely N-dealkylation sites (tertiary alicyclic amines) is 1. The quantitative estimate of drug-likeness (QED) is 0.0659. The molecule has 16 nitrogen and oxygen atoms in total. The number of ether oxygens (including phenoxy) is 2. The van der Waals surface area contributed by atoms with Crippen molar-refractivity contribution in [3.8, 4) is 0 Å². The van der Waals surface area contributed by atoms with Crippen molar-refractivity contribution in [3.05, 3.63) is 47.0 Å². The number of rotatable bonds is 28. The molecule has 17 heteroatoms. The molecule has 2 rings (SSSR count). The number of nitrogens with zero attached hydrogens (tertiary/aromatic N) is 3. The van der Waals surface area contributed by atoms with Gasteiger partial charge in [0.1, 0.15) is 18.1 Å². The number of hydrogen-bond donors (Lipinski definition) is 4. The Hall–Kier alpha value is -4.35. The molecule has 6 amide bonds. The number of nitrogens with one attached hydrogen (secondary N) is 3. The van der Waals surface area contributed by atoms with Gasteiger partial charge >= 0.3 is 5.97 Å². The highest BCUT2D eigenvalue weighted by Crippen LogP contribution is 2.30. The minimum Gasteiger partial charge on any atom is -0.480 e. The Balaban J connectivity index is 2.22. The summed E-state index contributed by atoms with van der Waals surface area (Å²) >= 11 is 3.05. The van der Waals surface area contributed by atoms with Crippen LogP contribution in [0.1, 0.15) is 105 Å². The van der Waals surface area contributed by atoms with E-state index in [9.17, 15) is 38.7 Å². The number of methoxy groups -OCH3 is 2. The van der Waals surface area contributed by atoms with Crippen molar-refractivity contribution in [1.29, 1.82) is 0 Å². The van der Waals surface area contributed by atoms with Gasteiger partial charge in [-0.2, -0.15) is 0 Å². The molecular weight excluding hydrogens is 900 g/mol. The van der Waals surface area contributed by atoms with Crippen molar-refractivity contribution in [3.63, 3.8) is 0 Å². The van der Waals surface area contributed by atoms with Gasteiger partial charge in [0.05, 0.1) is 41.1 Å². The van der Waals surface area contributed by atoms with E-state index in [1.165, 1.54) is 19.1 Å². The maximum atomic E-state index is 14.5. The van der Waals surface area contributed by atoms with E-state index in [2.05, 4.69) is 38.5 Å². The normalized spacial score (nSPS) is 17.5. The van der Waals surface area contributed by atoms with Crippen LogP contribution in [-0.4, -0.2) is 145 Å². The van der Waals surface area contributed by atoms with Gasteiger partial charge in [-0.1, -0.05) is 98.2 Å². The summed E-state index contributed by atoms with van der Waals surface area (Å²) in [5, 5.41) is 18.3. The molecule has 1 aromatic rings. The van der Waals surface area contributed by atoms with Crippen LogP contribution in [0, 0.1) is 23.7 Å². The number of carboxylic acid groups (broad SMARTS) is 1. The smallest absolute Gasteiger partial charge is 0.326 e. The lowest BCUT2D eigenvalue weighted by molar-refractivity contribution is -0.149. The standard InChI is InChI=1S/C48H77BrN6O10/c1-13-31(6)42(54(10)47(61)40(29(2)3)52-46(60)41(30(4)5)53(9)38(56)24-18-15-19-25-50-45(59)33(8)49)37(64-11)28-39(57)55-26-20-23-36(55)43(65-12)32(7)44(58)51-35(48(62)63)27-34-21-16-14-17-22-34/h14,16-17,21-22,29-32,35-37,40-43H,8,13,15,18-20,23-28H2,1-7,9-12H3,(H,50,59)(H,51,58)(H,52,60)(H,62,63)/t31-,32+,35-,36-,37+,40-,41-,42-,43+/m0/s1. The van der Waals surface area contributed by atoms with Crippen molar-refractivity contribution in [2.45, 2.75) is 149 Å². The Labute approximate surface area is 395 Å². The van der Waals surface area contributed by atoms with Crippen LogP contribution in [0.25, 0.3) is 0 Å². The van der Waals surface area contributed by atoms with Crippen molar-refractivity contribution < 1.29 is 48.1 Å². The molecule has 1 saturated heterocycles. The van der Waals surface area contributed by atoms with E-state index < -0.39 is 66.1 Å². The molecule has 65 heavy (non-hydrogen) atoms. The lowest BCUT2D eigenvalue weighted by Gasteiger charge is -2.41. The summed E-state index contributed by atoms with van der Waals surface area (Å²) in [4.78, 5) is 98.4. The molecule has 0 aromatic heterocycles. The van der Waals surface area contributed by atoms with E-state index in [4.69, 9.17) is 9.47 Å². The number of aliphatic carboxylic acids is 1. The number of hydrogen-bond acceptors (Lipinski definition) is 9. The van der Waals surface area contributed by atoms with Gasteiger partial charge in [0.25, 0.3) is 5.91 Å². The molecule has 366 valence electrons. The Kier molecular flexibility index (Phi) is 24.4. The maximum absolute atomic E-state index is 14.5. The molecule has 1 aliphatic rings. The van der Waals surface area contributed by atoms with Crippen LogP contribution >= 0.6 is 15.9 Å². The van der Waals surface area contributed by atoms with E-state index >= 15 is 0 Å². The van der Waals surface area contributed by atoms with Gasteiger partial charge in [0.2, 0.25) is 29.5 Å². The fourth-order valence-electron chi connectivity index (χ4n) is 8.76. The van der Waals surface area contributed by atoms with Gasteiger partial charge in [0.15, 0.2) is 0 Å². The number of amides is 6. The first-order chi connectivity index (χ1) is 30.6. The molecule has 1 aromatic carbocycles. The fourth-order valence-corrected chi connectivity index (χ4v) is 8.90. The minimum absolute atomic E-state index is 0.0723. The third kappa shape index (κ3) is 16.8. The molecule has 0 radical (unpaired) electrons. The van der Waals surface area contributed by atoms with Crippen LogP contribution in [0.3, 0.4) is 0 Å². The van der Waals surface area contributed by atoms with E-state index in [1.807, 2.05) is 47.6 Å². The highest BCUT2D eigenvalue weighted by Gasteiger charge is 2.44. The zero-order valence-electron chi connectivity index (χ0n) is 40.6. The predicted molar refractivity (Wildman–Crippen MR) is 254 cm³/mol. The third-order valence-electron chi connectivity index (χ3n) is 12.7. The van der Waals surface area contributed by atoms with Crippen molar-refractivity contribution in [2.75, 3.05) is 41.4 Å². The number of unbranched alkanes of at least 4 members (excludes halogenated alkanes) is 2. The number of benzene rings is 1. The van der Waals surface area contributed by atoms with E-state index in [0.29, 0.717) is 51.6 Å². The Morgan fingerprint density at radius 3 is 2.08 bits per heavy atom. The summed E-state index contributed by atoms with van der Waals surface area (Å²) in [5.74, 6) is -4.68. The van der Waals surface area contributed by atoms with Crippen LogP contribution in [-0.2, 0) is 49.5 Å². The molecule has 0 spiro atoms. The highest BCUT2D eigenvalue weighted by molar-refractivity contribution is 9.12. The minimum atomic E-state index is -1.16. The van der Waals surface area contributed by atoms with Crippen LogP contribution in [0.4, 0.5) is 0 Å². The summed E-state index contributed by atoms with van der Waals surface area (Å²) in [6, 6.07) is 5.06. The third-order valence-corrected chi connectivity index (χ3v) is 13.1. The summed E-state index contributed by atoms with van der Waals surface area (Å²) in [5.41, 5.74) is 0.766. The SMILES string of the molecule is C=C(Br)C(=O)NCCCCCC(=O)N(C)[C@H](C(=O)N[C@H](C(=O)N(C)[C@@H]([C@@H](C)CC)[C@@H](CC(=O)N1CCC[C@H]1[C@H](OC)[C@@H](C)C(=O)N[C@@H](Cc1ccccc1)C(=O)O)OC)C(C)C)C(C)C. The Morgan fingerprint density at radius 1 is 0.892 bits per heavy atom. The maximum Gasteiger partial charge on any atom is 0.326 e. The lowest BCUT2D eigenvalue weighted by Crippen LogP contribution is -2.60. The second-order valence-electron chi connectivity index (χ2n) is 18.1. The summed E-state index contributed by atoms with van der Waals surface area (Å²) < 4.78 is 12.2. The van der Waals surface area contributed by atoms with Gasteiger partial charge in [-0.05, 0) is 64.9 Å². The van der Waals surface area contributed by atoms with E-state index in [1.54, 1.807) is 55.1 Å². The first-order valence-electron chi connectivity index (χ1n) is 23.0. The number of likely N-dealkylation sites (N-methyl/N-ethyl adjacent to an activating group) is 2. The molecule has 1 fully saturated rings. The van der Waals surface area contributed by atoms with Crippen molar-refractivity contribution >= 4 is 57.3 Å². The largest absolute Gasteiger partial charge is 0.480 e. The fraction of sp³-hybridized carbons (Fsp3) is 0.688. The molecular formula is C48H77BrN6O10. The van der Waals surface area contributed by atoms with Crippen molar-refractivity contribution in [1.82, 2.24) is 30.7 Å². The number of carbonyl (C=O) groups excluding carboxylic acids is 6. The van der Waals surface area contributed by atoms with Gasteiger partial charge < -0.3 is 45.2 Å². The van der Waals surface area contributed by atoms with Crippen LogP contribution in [0.5, 0.6) is 0 Å². The zero-order valence-corrected chi connectivity index (χ0v) is 42.1. The molecule has 1 aliphatic heterocycles. The highest BCUT2D eigenvalue weighted by atomic mass is 79.9. The van der Waals surface area contributed by atoms with Gasteiger partial charge in [-0.25, -0.2) is 4.79 Å². The van der Waals surface area contributed by atoms with Gasteiger partial charge in [0, 0.05) is 54.2 Å². The summed E-state index contributed by atoms with van der Waals surface area (Å²) in [6.07, 6.45) is 2.64. The van der Waals surface area contributed by atoms with Crippen molar-refractivity contribution in [2.24, 2.45) is 23.7 Å². The van der Waals surface area contributed by atoms with Crippen LogP contribution < -0.4 is 16.0 Å². The van der Waals surface area contributed by atoms with Crippen LogP contribution in [0.2, 0.25) is 0 Å². The molecule has 9 atom stereocenters. The van der Waals surface area contributed by atoms with Crippen LogP contribution in [0.15, 0.2) is 41.4 Å². The van der Waals surface area contributed by atoms with Gasteiger partial charge in [-0.15, -0.1) is 0 Å². The summed E-state index contributed by atoms with van der Waals surface area (Å²) in [6.45, 7) is 17.5. The number of carbonyl (C=O) groups is 7. The lowest BCUT2D eigenvalue weighted by atomic mass is 9.89. The van der Waals surface area contributed by atoms with E-state index in [-0.39, 0.29) is 65.1 Å². The monoisotopic (exact) mass is 976 g/mol. The molecule has 4 N–H and O–H groups in total. The number of halogens is 1. The molecule has 0 bridgehead atoms. The predicted octanol–water partition coefficient (Wildman–Crippen LogP) is 4.93. The zero-order chi connectivity index (χ0) is 49.1. The van der Waals surface area contributed by atoms with E-state index in [0.717, 1.165) is 5.56 Å². The second kappa shape index (κ2) is 28.0. The molecule has 0 unspecified atom stereocenters. The number of carboxylic acids is 1. The Bertz CT molecular complexity index is 1750. The first kappa shape index (κ1) is 56.8.